The highest BCUT2D eigenvalue weighted by atomic mass is 32.1. The molecule has 1 amide bonds. The molecule has 2 rings (SSSR count). The van der Waals surface area contributed by atoms with Crippen LogP contribution in [0.2, 0.25) is 0 Å². The van der Waals surface area contributed by atoms with Crippen LogP contribution in [0.25, 0.3) is 0 Å². The molecular weight excluding hydrogens is 276 g/mol. The highest BCUT2D eigenvalue weighted by molar-refractivity contribution is 7.80. The average Bonchev–Trinajstić information content (AvgIpc) is 2.48. The zero-order chi connectivity index (χ0) is 14.5. The minimum Gasteiger partial charge on any atom is -0.450 e. The quantitative estimate of drug-likeness (QED) is 0.838. The molecule has 0 spiro atoms. The van der Waals surface area contributed by atoms with Crippen LogP contribution in [0.4, 0.5) is 10.5 Å². The van der Waals surface area contributed by atoms with Gasteiger partial charge in [-0.3, -0.25) is 4.98 Å². The van der Waals surface area contributed by atoms with Gasteiger partial charge in [0.2, 0.25) is 0 Å². The minimum atomic E-state index is -0.242. The first-order valence-corrected chi connectivity index (χ1v) is 6.95. The maximum atomic E-state index is 11.6. The summed E-state index contributed by atoms with van der Waals surface area (Å²) in [5.74, 6) is 0. The molecule has 1 fully saturated rings. The number of hydrogen-bond acceptors (Lipinski definition) is 5. The zero-order valence-corrected chi connectivity index (χ0v) is 12.2. The molecule has 2 heterocycles. The van der Waals surface area contributed by atoms with Gasteiger partial charge in [0, 0.05) is 26.2 Å². The number of piperazine rings is 1. The molecule has 0 atom stereocenters. The fraction of sp³-hybridized carbons (Fsp3) is 0.462. The summed E-state index contributed by atoms with van der Waals surface area (Å²) in [5.41, 5.74) is 7.15. The summed E-state index contributed by atoms with van der Waals surface area (Å²) in [6, 6.07) is 3.76. The van der Waals surface area contributed by atoms with Crippen molar-refractivity contribution in [1.82, 2.24) is 9.88 Å². The summed E-state index contributed by atoms with van der Waals surface area (Å²) in [4.78, 5) is 20.0. The Labute approximate surface area is 123 Å². The largest absolute Gasteiger partial charge is 0.450 e. The summed E-state index contributed by atoms with van der Waals surface area (Å²) in [6.07, 6.45) is 1.52. The van der Waals surface area contributed by atoms with Crippen molar-refractivity contribution in [2.45, 2.75) is 6.92 Å². The molecule has 20 heavy (non-hydrogen) atoms. The predicted molar refractivity (Wildman–Crippen MR) is 80.9 cm³/mol. The first-order chi connectivity index (χ1) is 9.61. The number of hydrogen-bond donors (Lipinski definition) is 1. The first-order valence-electron chi connectivity index (χ1n) is 6.54. The third kappa shape index (κ3) is 3.36. The van der Waals surface area contributed by atoms with Gasteiger partial charge in [0.25, 0.3) is 0 Å². The molecule has 6 nitrogen and oxygen atoms in total. The molecule has 1 saturated heterocycles. The van der Waals surface area contributed by atoms with Crippen LogP contribution in [0.1, 0.15) is 12.6 Å². The van der Waals surface area contributed by atoms with Crippen LogP contribution in [0.5, 0.6) is 0 Å². The maximum Gasteiger partial charge on any atom is 0.409 e. The molecule has 0 radical (unpaired) electrons. The van der Waals surface area contributed by atoms with Crippen molar-refractivity contribution >= 4 is 29.0 Å². The van der Waals surface area contributed by atoms with E-state index in [4.69, 9.17) is 22.7 Å². The topological polar surface area (TPSA) is 71.7 Å². The van der Waals surface area contributed by atoms with Crippen molar-refractivity contribution in [3.8, 4) is 0 Å². The molecule has 0 saturated carbocycles. The second-order valence-electron chi connectivity index (χ2n) is 4.44. The molecular formula is C13H18N4O2S. The van der Waals surface area contributed by atoms with E-state index in [2.05, 4.69) is 9.88 Å². The highest BCUT2D eigenvalue weighted by Gasteiger charge is 2.22. The van der Waals surface area contributed by atoms with E-state index < -0.39 is 0 Å². The lowest BCUT2D eigenvalue weighted by Crippen LogP contribution is -2.49. The number of pyridine rings is 1. The van der Waals surface area contributed by atoms with Gasteiger partial charge in [0.15, 0.2) is 0 Å². The van der Waals surface area contributed by atoms with Crippen LogP contribution in [0.3, 0.4) is 0 Å². The van der Waals surface area contributed by atoms with Crippen LogP contribution in [0.15, 0.2) is 18.3 Å². The van der Waals surface area contributed by atoms with E-state index >= 15 is 0 Å². The highest BCUT2D eigenvalue weighted by Crippen LogP contribution is 2.16. The van der Waals surface area contributed by atoms with E-state index in [1.807, 2.05) is 19.1 Å². The Kier molecular flexibility index (Phi) is 4.73. The van der Waals surface area contributed by atoms with Gasteiger partial charge < -0.3 is 20.3 Å². The van der Waals surface area contributed by atoms with E-state index in [0.29, 0.717) is 30.4 Å². The van der Waals surface area contributed by atoms with E-state index in [9.17, 15) is 4.79 Å². The number of nitrogens with zero attached hydrogens (tertiary/aromatic N) is 3. The molecule has 7 heteroatoms. The fourth-order valence-corrected chi connectivity index (χ4v) is 2.20. The zero-order valence-electron chi connectivity index (χ0n) is 11.4. The summed E-state index contributed by atoms with van der Waals surface area (Å²) < 4.78 is 4.99. The van der Waals surface area contributed by atoms with Gasteiger partial charge >= 0.3 is 6.09 Å². The van der Waals surface area contributed by atoms with Gasteiger partial charge in [-0.2, -0.15) is 0 Å². The Morgan fingerprint density at radius 1 is 1.40 bits per heavy atom. The van der Waals surface area contributed by atoms with Crippen molar-refractivity contribution in [1.29, 1.82) is 0 Å². The minimum absolute atomic E-state index is 0.242. The Hall–Kier alpha value is -1.89. The van der Waals surface area contributed by atoms with Crippen molar-refractivity contribution in [3.05, 3.63) is 24.0 Å². The van der Waals surface area contributed by atoms with Gasteiger partial charge in [-0.15, -0.1) is 0 Å². The van der Waals surface area contributed by atoms with Gasteiger partial charge in [-0.05, 0) is 19.1 Å². The molecule has 0 aromatic carbocycles. The van der Waals surface area contributed by atoms with Gasteiger partial charge in [0.1, 0.15) is 4.99 Å². The number of thiocarbonyl (C=S) groups is 1. The monoisotopic (exact) mass is 294 g/mol. The summed E-state index contributed by atoms with van der Waals surface area (Å²) in [7, 11) is 0. The smallest absolute Gasteiger partial charge is 0.409 e. The first kappa shape index (κ1) is 14.5. The fourth-order valence-electron chi connectivity index (χ4n) is 2.08. The van der Waals surface area contributed by atoms with Crippen LogP contribution >= 0.6 is 12.2 Å². The second kappa shape index (κ2) is 6.51. The average molecular weight is 294 g/mol. The molecule has 0 unspecified atom stereocenters. The molecule has 108 valence electrons. The Morgan fingerprint density at radius 2 is 2.10 bits per heavy atom. The molecule has 1 aliphatic rings. The van der Waals surface area contributed by atoms with Crippen molar-refractivity contribution in [2.75, 3.05) is 37.7 Å². The summed E-state index contributed by atoms with van der Waals surface area (Å²) in [5, 5.41) is 0. The van der Waals surface area contributed by atoms with Gasteiger partial charge in [-0.1, -0.05) is 12.2 Å². The van der Waals surface area contributed by atoms with E-state index in [1.54, 1.807) is 11.1 Å². The van der Waals surface area contributed by atoms with E-state index in [-0.39, 0.29) is 6.09 Å². The molecule has 1 aromatic heterocycles. The molecule has 0 aliphatic carbocycles. The maximum absolute atomic E-state index is 11.6. The molecule has 0 bridgehead atoms. The predicted octanol–water partition coefficient (Wildman–Crippen LogP) is 0.994. The number of carbonyl (C=O) groups excluding carboxylic acids is 1. The standard InChI is InChI=1S/C13H18N4O2S/c1-2-19-13(18)17-7-5-16(6-8-17)10-3-4-11(12(14)20)15-9-10/h3-4,9H,2,5-8H2,1H3,(H2,14,20). The van der Waals surface area contributed by atoms with Gasteiger partial charge in [-0.25, -0.2) is 4.79 Å². The SMILES string of the molecule is CCOC(=O)N1CCN(c2ccc(C(N)=S)nc2)CC1. The van der Waals surface area contributed by atoms with E-state index in [0.717, 1.165) is 18.8 Å². The second-order valence-corrected chi connectivity index (χ2v) is 4.88. The van der Waals surface area contributed by atoms with Crippen LogP contribution in [-0.4, -0.2) is 53.8 Å². The van der Waals surface area contributed by atoms with Crippen LogP contribution in [-0.2, 0) is 4.74 Å². The number of carbonyl (C=O) groups is 1. The van der Waals surface area contributed by atoms with Gasteiger partial charge in [0.05, 0.1) is 24.2 Å². The van der Waals surface area contributed by atoms with E-state index in [1.165, 1.54) is 0 Å². The Balaban J connectivity index is 1.93. The number of amides is 1. The number of nitrogens with two attached hydrogens (primary N) is 1. The summed E-state index contributed by atoms with van der Waals surface area (Å²) >= 11 is 4.87. The van der Waals surface area contributed by atoms with Crippen molar-refractivity contribution in [2.24, 2.45) is 5.73 Å². The summed E-state index contributed by atoms with van der Waals surface area (Å²) in [6.45, 7) is 5.03. The Morgan fingerprint density at radius 3 is 2.60 bits per heavy atom. The van der Waals surface area contributed by atoms with Crippen molar-refractivity contribution < 1.29 is 9.53 Å². The Bertz CT molecular complexity index is 484. The van der Waals surface area contributed by atoms with Crippen LogP contribution < -0.4 is 10.6 Å². The van der Waals surface area contributed by atoms with Crippen molar-refractivity contribution in [3.63, 3.8) is 0 Å². The molecule has 2 N–H and O–H groups in total. The number of rotatable bonds is 3. The lowest BCUT2D eigenvalue weighted by atomic mass is 10.2. The lowest BCUT2D eigenvalue weighted by molar-refractivity contribution is 0.105. The number of aromatic nitrogens is 1. The number of ether oxygens (including phenoxy) is 1. The normalized spacial score (nSPS) is 15.1. The lowest BCUT2D eigenvalue weighted by Gasteiger charge is -2.35. The molecule has 1 aliphatic heterocycles. The number of anilines is 1. The van der Waals surface area contributed by atoms with Crippen LogP contribution in [0, 0.1) is 0 Å². The third-order valence-corrected chi connectivity index (χ3v) is 3.38. The molecule has 1 aromatic rings. The third-order valence-electron chi connectivity index (χ3n) is 3.17.